The largest absolute Gasteiger partial charge is 0.425 e. The molecule has 7 nitrogen and oxygen atoms in total. The molecular weight excluding hydrogens is 454 g/mol. The summed E-state index contributed by atoms with van der Waals surface area (Å²) in [5.41, 5.74) is 1.24. The summed E-state index contributed by atoms with van der Waals surface area (Å²) in [7, 11) is 0. The summed E-state index contributed by atoms with van der Waals surface area (Å²) in [6.07, 6.45) is -2.96. The van der Waals surface area contributed by atoms with E-state index in [4.69, 9.17) is 5.73 Å². The first-order valence-electron chi connectivity index (χ1n) is 9.92. The second kappa shape index (κ2) is 8.00. The highest BCUT2D eigenvalue weighted by atomic mass is 19.4. The molecule has 4 rings (SSSR count). The van der Waals surface area contributed by atoms with E-state index in [-0.39, 0.29) is 11.1 Å². The summed E-state index contributed by atoms with van der Waals surface area (Å²) in [6, 6.07) is 10.4. The maximum atomic E-state index is 14.3. The molecule has 0 bridgehead atoms. The van der Waals surface area contributed by atoms with E-state index in [0.717, 1.165) is 29.0 Å². The molecule has 0 aliphatic heterocycles. The molecular formula is C23H17F4N5O2. The first kappa shape index (κ1) is 23.0. The molecule has 1 amide bonds. The van der Waals surface area contributed by atoms with Crippen molar-refractivity contribution in [3.63, 3.8) is 0 Å². The Morgan fingerprint density at radius 1 is 1.15 bits per heavy atom. The minimum atomic E-state index is -5.18. The van der Waals surface area contributed by atoms with Crippen molar-refractivity contribution in [2.45, 2.75) is 24.7 Å². The van der Waals surface area contributed by atoms with E-state index < -0.39 is 40.7 Å². The number of alkyl halides is 3. The average molecular weight is 471 g/mol. The van der Waals surface area contributed by atoms with Crippen LogP contribution in [0, 0.1) is 17.1 Å². The maximum Gasteiger partial charge on any atom is 0.425 e. The summed E-state index contributed by atoms with van der Waals surface area (Å²) in [6.45, 7) is 1.33. The van der Waals surface area contributed by atoms with Crippen LogP contribution in [-0.2, 0) is 10.4 Å². The van der Waals surface area contributed by atoms with Crippen LogP contribution in [0.2, 0.25) is 0 Å². The van der Waals surface area contributed by atoms with Gasteiger partial charge < -0.3 is 15.4 Å². The second-order valence-corrected chi connectivity index (χ2v) is 7.73. The van der Waals surface area contributed by atoms with Gasteiger partial charge in [-0.1, -0.05) is 6.07 Å². The number of aromatic nitrogens is 3. The van der Waals surface area contributed by atoms with Crippen LogP contribution < -0.4 is 5.73 Å². The fraction of sp³-hybridized carbons (Fsp3) is 0.174. The van der Waals surface area contributed by atoms with E-state index in [1.54, 1.807) is 6.07 Å². The summed E-state index contributed by atoms with van der Waals surface area (Å²) < 4.78 is 58.5. The lowest BCUT2D eigenvalue weighted by Crippen LogP contribution is -2.43. The quantitative estimate of drug-likeness (QED) is 0.433. The van der Waals surface area contributed by atoms with Gasteiger partial charge in [-0.3, -0.25) is 4.79 Å². The first-order chi connectivity index (χ1) is 16.0. The Labute approximate surface area is 190 Å². The smallest absolute Gasteiger partial charge is 0.372 e. The summed E-state index contributed by atoms with van der Waals surface area (Å²) in [5, 5.41) is 24.8. The van der Waals surface area contributed by atoms with E-state index in [1.165, 1.54) is 48.1 Å². The number of primary amides is 1. The second-order valence-electron chi connectivity index (χ2n) is 7.73. The van der Waals surface area contributed by atoms with Gasteiger partial charge in [0, 0.05) is 17.1 Å². The molecule has 4 aromatic rings. The molecule has 0 radical (unpaired) electrons. The Bertz CT molecular complexity index is 1430. The standard InChI is InChI=1S/C23H17F4N5O2/c1-13(21(29)33)31-12-16(9-19(31)10-28)22(34,23(25,26)27)15-2-7-20-14(8-15)11-30-32(20)18-5-3-17(24)4-6-18/h2-9,11-13,34H,1H3,(H2,29,33). The number of nitriles is 1. The van der Waals surface area contributed by atoms with Crippen LogP contribution in [0.5, 0.6) is 0 Å². The van der Waals surface area contributed by atoms with E-state index in [1.807, 2.05) is 0 Å². The monoisotopic (exact) mass is 471 g/mol. The zero-order valence-electron chi connectivity index (χ0n) is 17.6. The molecule has 2 aromatic heterocycles. The van der Waals surface area contributed by atoms with E-state index in [9.17, 15) is 32.7 Å². The van der Waals surface area contributed by atoms with Crippen LogP contribution in [0.3, 0.4) is 0 Å². The highest BCUT2D eigenvalue weighted by Crippen LogP contribution is 2.45. The number of amides is 1. The number of carbonyl (C=O) groups is 1. The maximum absolute atomic E-state index is 14.3. The van der Waals surface area contributed by atoms with Gasteiger partial charge in [0.1, 0.15) is 23.6 Å². The fourth-order valence-electron chi connectivity index (χ4n) is 3.76. The SMILES string of the molecule is CC(C(N)=O)n1cc(C(O)(c2ccc3c(cnn3-c3ccc(F)cc3)c2)C(F)(F)F)cc1C#N. The molecule has 0 saturated heterocycles. The minimum absolute atomic E-state index is 0.269. The van der Waals surface area contributed by atoms with Crippen LogP contribution in [-0.4, -0.2) is 31.5 Å². The zero-order chi connectivity index (χ0) is 24.8. The molecule has 0 fully saturated rings. The van der Waals surface area contributed by atoms with Gasteiger partial charge in [-0.05, 0) is 55.0 Å². The lowest BCUT2D eigenvalue weighted by Gasteiger charge is -2.30. The molecule has 2 unspecified atom stereocenters. The molecule has 2 atom stereocenters. The van der Waals surface area contributed by atoms with Crippen molar-refractivity contribution in [3.8, 4) is 11.8 Å². The number of nitrogens with zero attached hydrogens (tertiary/aromatic N) is 4. The number of rotatable bonds is 5. The Balaban J connectivity index is 1.87. The highest BCUT2D eigenvalue weighted by Gasteiger charge is 2.57. The average Bonchev–Trinajstić information content (AvgIpc) is 3.42. The molecule has 34 heavy (non-hydrogen) atoms. The number of halogens is 4. The van der Waals surface area contributed by atoms with Crippen molar-refractivity contribution < 1.29 is 27.5 Å². The van der Waals surface area contributed by atoms with E-state index >= 15 is 0 Å². The third kappa shape index (κ3) is 3.58. The van der Waals surface area contributed by atoms with Crippen LogP contribution in [0.15, 0.2) is 60.9 Å². The van der Waals surface area contributed by atoms with Crippen LogP contribution in [0.4, 0.5) is 17.6 Å². The topological polar surface area (TPSA) is 110 Å². The van der Waals surface area contributed by atoms with Crippen LogP contribution in [0.25, 0.3) is 16.6 Å². The Morgan fingerprint density at radius 3 is 2.41 bits per heavy atom. The van der Waals surface area contributed by atoms with Gasteiger partial charge in [0.25, 0.3) is 0 Å². The molecule has 0 saturated carbocycles. The number of hydrogen-bond acceptors (Lipinski definition) is 4. The normalized spacial score (nSPS) is 14.5. The lowest BCUT2D eigenvalue weighted by atomic mass is 9.86. The predicted molar refractivity (Wildman–Crippen MR) is 113 cm³/mol. The van der Waals surface area contributed by atoms with Gasteiger partial charge in [-0.25, -0.2) is 9.07 Å². The van der Waals surface area contributed by atoms with Gasteiger partial charge in [-0.2, -0.15) is 23.5 Å². The van der Waals surface area contributed by atoms with E-state index in [0.29, 0.717) is 11.2 Å². The van der Waals surface area contributed by atoms with E-state index in [2.05, 4.69) is 5.10 Å². The predicted octanol–water partition coefficient (Wildman–Crippen LogP) is 3.68. The highest BCUT2D eigenvalue weighted by molar-refractivity contribution is 5.81. The van der Waals surface area contributed by atoms with Crippen molar-refractivity contribution in [3.05, 3.63) is 83.6 Å². The number of hydrogen-bond donors (Lipinski definition) is 2. The Morgan fingerprint density at radius 2 is 1.82 bits per heavy atom. The number of carbonyl (C=O) groups excluding carboxylic acids is 1. The van der Waals surface area contributed by atoms with Crippen molar-refractivity contribution in [1.29, 1.82) is 5.26 Å². The number of fused-ring (bicyclic) bond motifs is 1. The minimum Gasteiger partial charge on any atom is -0.372 e. The number of benzene rings is 2. The van der Waals surface area contributed by atoms with Crippen molar-refractivity contribution >= 4 is 16.8 Å². The van der Waals surface area contributed by atoms with Crippen LogP contribution >= 0.6 is 0 Å². The molecule has 2 heterocycles. The lowest BCUT2D eigenvalue weighted by molar-refractivity contribution is -0.248. The number of nitrogens with two attached hydrogens (primary N) is 1. The Kier molecular flexibility index (Phi) is 5.41. The third-order valence-corrected chi connectivity index (χ3v) is 5.68. The summed E-state index contributed by atoms with van der Waals surface area (Å²) >= 11 is 0. The van der Waals surface area contributed by atoms with Crippen LogP contribution in [0.1, 0.15) is 29.8 Å². The van der Waals surface area contributed by atoms with Crippen molar-refractivity contribution in [2.75, 3.05) is 0 Å². The molecule has 0 spiro atoms. The molecule has 11 heteroatoms. The number of aliphatic hydroxyl groups is 1. The molecule has 2 aromatic carbocycles. The van der Waals surface area contributed by atoms with Crippen molar-refractivity contribution in [2.24, 2.45) is 5.73 Å². The van der Waals surface area contributed by atoms with Crippen molar-refractivity contribution in [1.82, 2.24) is 14.3 Å². The van der Waals surface area contributed by atoms with Gasteiger partial charge in [-0.15, -0.1) is 0 Å². The third-order valence-electron chi connectivity index (χ3n) is 5.68. The zero-order valence-corrected chi connectivity index (χ0v) is 17.6. The summed E-state index contributed by atoms with van der Waals surface area (Å²) in [4.78, 5) is 11.6. The van der Waals surface area contributed by atoms with Gasteiger partial charge in [0.05, 0.1) is 17.4 Å². The molecule has 3 N–H and O–H groups in total. The molecule has 0 aliphatic carbocycles. The summed E-state index contributed by atoms with van der Waals surface area (Å²) in [5.74, 6) is -1.31. The molecule has 174 valence electrons. The van der Waals surface area contributed by atoms with Gasteiger partial charge in [0.15, 0.2) is 0 Å². The Hall–Kier alpha value is -4.17. The van der Waals surface area contributed by atoms with Gasteiger partial charge >= 0.3 is 6.18 Å². The fourth-order valence-corrected chi connectivity index (χ4v) is 3.76. The first-order valence-corrected chi connectivity index (χ1v) is 9.92. The van der Waals surface area contributed by atoms with Gasteiger partial charge in [0.2, 0.25) is 11.5 Å². The molecule has 0 aliphatic rings.